The van der Waals surface area contributed by atoms with Crippen molar-refractivity contribution in [1.82, 2.24) is 30.4 Å². The second kappa shape index (κ2) is 10.8. The summed E-state index contributed by atoms with van der Waals surface area (Å²) >= 11 is 6.25. The zero-order chi connectivity index (χ0) is 25.0. The van der Waals surface area contributed by atoms with E-state index in [-0.39, 0.29) is 17.5 Å². The molecule has 10 nitrogen and oxygen atoms in total. The van der Waals surface area contributed by atoms with E-state index in [0.717, 1.165) is 31.5 Å². The van der Waals surface area contributed by atoms with Gasteiger partial charge in [0, 0.05) is 37.8 Å². The summed E-state index contributed by atoms with van der Waals surface area (Å²) in [5.41, 5.74) is 1.20. The van der Waals surface area contributed by atoms with Crippen LogP contribution in [0, 0.1) is 5.41 Å². The molecule has 0 atom stereocenters. The number of piperidine rings is 1. The summed E-state index contributed by atoms with van der Waals surface area (Å²) in [6, 6.07) is 8.88. The molecule has 2 aromatic heterocycles. The number of aromatic nitrogens is 4. The maximum Gasteiger partial charge on any atom is 0.276 e. The van der Waals surface area contributed by atoms with Crippen LogP contribution in [-0.2, 0) is 22.7 Å². The fourth-order valence-electron chi connectivity index (χ4n) is 4.91. The molecule has 4 heterocycles. The summed E-state index contributed by atoms with van der Waals surface area (Å²) in [6.07, 6.45) is 5.63. The highest BCUT2D eigenvalue weighted by atomic mass is 35.5. The highest BCUT2D eigenvalue weighted by molar-refractivity contribution is 6.33. The second-order valence-electron chi connectivity index (χ2n) is 9.37. The number of rotatable bonds is 2. The van der Waals surface area contributed by atoms with Gasteiger partial charge in [0.1, 0.15) is 5.69 Å². The van der Waals surface area contributed by atoms with Gasteiger partial charge in [-0.2, -0.15) is 0 Å². The lowest BCUT2D eigenvalue weighted by atomic mass is 9.73. The van der Waals surface area contributed by atoms with Crippen LogP contribution in [-0.4, -0.2) is 63.1 Å². The van der Waals surface area contributed by atoms with Gasteiger partial charge in [-0.3, -0.25) is 14.3 Å². The smallest absolute Gasteiger partial charge is 0.276 e. The standard InChI is InChI=1S/C25H29ClN6O4/c26-20-6-2-1-5-19(20)22-15-21(29-36-22)23(33)31-12-8-25(9-13-31)7-3-4-11-32-16-18(28-30-32)17-35-14-10-27-24(25)34/h1-2,5-6,15-16H,3-4,7-14,17H2,(H,27,34). The maximum atomic E-state index is 13.3. The largest absolute Gasteiger partial charge is 0.373 e. The van der Waals surface area contributed by atoms with E-state index in [2.05, 4.69) is 20.8 Å². The number of nitrogens with zero attached hydrogens (tertiary/aromatic N) is 5. The van der Waals surface area contributed by atoms with Crippen LogP contribution in [0.25, 0.3) is 11.3 Å². The van der Waals surface area contributed by atoms with Gasteiger partial charge in [0.2, 0.25) is 5.91 Å². The fourth-order valence-corrected chi connectivity index (χ4v) is 5.14. The van der Waals surface area contributed by atoms with E-state index >= 15 is 0 Å². The van der Waals surface area contributed by atoms with E-state index in [9.17, 15) is 9.59 Å². The predicted molar refractivity (Wildman–Crippen MR) is 131 cm³/mol. The summed E-state index contributed by atoms with van der Waals surface area (Å²) < 4.78 is 12.9. The summed E-state index contributed by atoms with van der Waals surface area (Å²) in [5, 5.41) is 15.8. The second-order valence-corrected chi connectivity index (χ2v) is 9.77. The van der Waals surface area contributed by atoms with Crippen molar-refractivity contribution in [2.24, 2.45) is 5.41 Å². The predicted octanol–water partition coefficient (Wildman–Crippen LogP) is 3.33. The topological polar surface area (TPSA) is 115 Å². The van der Waals surface area contributed by atoms with Gasteiger partial charge in [0.05, 0.1) is 29.8 Å². The zero-order valence-electron chi connectivity index (χ0n) is 20.0. The van der Waals surface area contributed by atoms with Crippen molar-refractivity contribution < 1.29 is 18.8 Å². The molecule has 1 fully saturated rings. The molecule has 2 bridgehead atoms. The number of carbonyl (C=O) groups excluding carboxylic acids is 2. The summed E-state index contributed by atoms with van der Waals surface area (Å²) in [4.78, 5) is 28.2. The Balaban J connectivity index is 1.23. The van der Waals surface area contributed by atoms with E-state index < -0.39 is 5.41 Å². The Kier molecular flexibility index (Phi) is 7.33. The number of hydrogen-bond acceptors (Lipinski definition) is 7. The summed E-state index contributed by atoms with van der Waals surface area (Å²) in [6.45, 7) is 2.90. The number of hydrogen-bond donors (Lipinski definition) is 1. The number of fused-ring (bicyclic) bond motifs is 2. The van der Waals surface area contributed by atoms with Crippen LogP contribution in [0.15, 0.2) is 41.1 Å². The van der Waals surface area contributed by atoms with Gasteiger partial charge >= 0.3 is 0 Å². The van der Waals surface area contributed by atoms with Gasteiger partial charge < -0.3 is 19.5 Å². The van der Waals surface area contributed by atoms with E-state index in [1.165, 1.54) is 0 Å². The van der Waals surface area contributed by atoms with E-state index in [1.807, 2.05) is 29.1 Å². The van der Waals surface area contributed by atoms with Gasteiger partial charge in [-0.15, -0.1) is 5.10 Å². The number of nitrogens with one attached hydrogen (secondary N) is 1. The van der Waals surface area contributed by atoms with Gasteiger partial charge in [-0.25, -0.2) is 0 Å². The van der Waals surface area contributed by atoms with Crippen LogP contribution in [0.2, 0.25) is 5.02 Å². The molecule has 1 aromatic carbocycles. The molecule has 36 heavy (non-hydrogen) atoms. The Morgan fingerprint density at radius 3 is 2.78 bits per heavy atom. The molecule has 0 unspecified atom stereocenters. The lowest BCUT2D eigenvalue weighted by Crippen LogP contribution is -2.50. The van der Waals surface area contributed by atoms with Crippen molar-refractivity contribution in [1.29, 1.82) is 0 Å². The molecule has 190 valence electrons. The Morgan fingerprint density at radius 2 is 1.94 bits per heavy atom. The van der Waals surface area contributed by atoms with Crippen LogP contribution in [0.5, 0.6) is 0 Å². The molecule has 1 saturated heterocycles. The third kappa shape index (κ3) is 5.29. The van der Waals surface area contributed by atoms with Crippen LogP contribution in [0.3, 0.4) is 0 Å². The minimum absolute atomic E-state index is 0.0366. The highest BCUT2D eigenvalue weighted by Gasteiger charge is 2.42. The first kappa shape index (κ1) is 24.5. The highest BCUT2D eigenvalue weighted by Crippen LogP contribution is 2.38. The average molecular weight is 513 g/mol. The molecular formula is C25H29ClN6O4. The summed E-state index contributed by atoms with van der Waals surface area (Å²) in [7, 11) is 0. The maximum absolute atomic E-state index is 13.3. The van der Waals surface area contributed by atoms with Crippen molar-refractivity contribution >= 4 is 23.4 Å². The van der Waals surface area contributed by atoms with E-state index in [4.69, 9.17) is 20.9 Å². The number of halogens is 1. The van der Waals surface area contributed by atoms with Crippen molar-refractivity contribution in [2.75, 3.05) is 26.2 Å². The van der Waals surface area contributed by atoms with Gasteiger partial charge in [0.15, 0.2) is 11.5 Å². The van der Waals surface area contributed by atoms with Crippen LogP contribution in [0.1, 0.15) is 48.3 Å². The molecule has 2 aliphatic rings. The quantitative estimate of drug-likeness (QED) is 0.560. The van der Waals surface area contributed by atoms with E-state index in [1.54, 1.807) is 17.0 Å². The van der Waals surface area contributed by atoms with Crippen molar-refractivity contribution in [2.45, 2.75) is 45.3 Å². The molecule has 1 N–H and O–H groups in total. The van der Waals surface area contributed by atoms with Crippen LogP contribution >= 0.6 is 11.6 Å². The van der Waals surface area contributed by atoms with Crippen molar-refractivity contribution in [3.8, 4) is 11.3 Å². The van der Waals surface area contributed by atoms with E-state index in [0.29, 0.717) is 62.0 Å². The van der Waals surface area contributed by atoms with Gasteiger partial charge in [-0.1, -0.05) is 40.5 Å². The van der Waals surface area contributed by atoms with Gasteiger partial charge in [-0.05, 0) is 37.8 Å². The van der Waals surface area contributed by atoms with Crippen molar-refractivity contribution in [3.63, 3.8) is 0 Å². The molecular weight excluding hydrogens is 484 g/mol. The molecule has 1 spiro atoms. The Hall–Kier alpha value is -3.24. The van der Waals surface area contributed by atoms with Gasteiger partial charge in [0.25, 0.3) is 5.91 Å². The zero-order valence-corrected chi connectivity index (χ0v) is 20.7. The minimum atomic E-state index is -0.513. The Labute approximate surface area is 213 Å². The molecule has 3 aromatic rings. The molecule has 11 heteroatoms. The SMILES string of the molecule is O=C(c1cc(-c2ccccc2Cl)on1)N1CCC2(CCCCn3cc(nn3)COCCNC2=O)CC1. The Bertz CT molecular complexity index is 1220. The average Bonchev–Trinajstić information content (AvgIpc) is 3.56. The first-order chi connectivity index (χ1) is 17.5. The molecule has 0 saturated carbocycles. The molecule has 2 aliphatic heterocycles. The molecule has 2 amide bonds. The number of amides is 2. The number of likely N-dealkylation sites (tertiary alicyclic amines) is 1. The third-order valence-electron chi connectivity index (χ3n) is 7.02. The molecule has 0 aliphatic carbocycles. The Morgan fingerprint density at radius 1 is 1.11 bits per heavy atom. The first-order valence-electron chi connectivity index (χ1n) is 12.3. The number of aryl methyl sites for hydroxylation is 1. The van der Waals surface area contributed by atoms with Crippen LogP contribution < -0.4 is 5.32 Å². The fraction of sp³-hybridized carbons (Fsp3) is 0.480. The third-order valence-corrected chi connectivity index (χ3v) is 7.35. The van der Waals surface area contributed by atoms with Crippen molar-refractivity contribution in [3.05, 3.63) is 52.9 Å². The lowest BCUT2D eigenvalue weighted by molar-refractivity contribution is -0.134. The normalized spacial score (nSPS) is 19.0. The molecule has 0 radical (unpaired) electrons. The number of benzene rings is 1. The molecule has 5 rings (SSSR count). The monoisotopic (exact) mass is 512 g/mol. The lowest BCUT2D eigenvalue weighted by Gasteiger charge is -2.40. The van der Waals surface area contributed by atoms with Crippen LogP contribution in [0.4, 0.5) is 0 Å². The summed E-state index contributed by atoms with van der Waals surface area (Å²) in [5.74, 6) is 0.280. The minimum Gasteiger partial charge on any atom is -0.373 e. The first-order valence-corrected chi connectivity index (χ1v) is 12.7. The number of ether oxygens (including phenoxy) is 1. The number of carbonyl (C=O) groups is 2.